The van der Waals surface area contributed by atoms with E-state index in [-0.39, 0.29) is 48.0 Å². The Balaban J connectivity index is 1.64. The van der Waals surface area contributed by atoms with Crippen LogP contribution in [-0.2, 0) is 14.8 Å². The molecule has 0 aliphatic carbocycles. The molecule has 2 aromatic carbocycles. The summed E-state index contributed by atoms with van der Waals surface area (Å²) in [5, 5.41) is 10.9. The molecule has 0 bridgehead atoms. The van der Waals surface area contributed by atoms with Gasteiger partial charge in [-0.2, -0.15) is 4.31 Å². The van der Waals surface area contributed by atoms with Crippen molar-refractivity contribution in [1.29, 1.82) is 0 Å². The molecule has 2 aromatic rings. The molecule has 178 valence electrons. The summed E-state index contributed by atoms with van der Waals surface area (Å²) >= 11 is 1.42. The molecule has 0 radical (unpaired) electrons. The fourth-order valence-corrected chi connectivity index (χ4v) is 5.83. The summed E-state index contributed by atoms with van der Waals surface area (Å²) in [4.78, 5) is 25.8. The number of carbonyl (C=O) groups excluding carboxylic acids is 1. The highest BCUT2D eigenvalue weighted by molar-refractivity contribution is 8.00. The SMILES string of the molecule is COc1ccc(SC(C)C(=O)N2CCN(S(=O)(=O)c3ccc(OC)c([N+](=O)[O-])c3)CC2)cc1. The Bertz CT molecular complexity index is 1120. The van der Waals surface area contributed by atoms with E-state index in [1.165, 1.54) is 35.3 Å². The third-order valence-corrected chi connectivity index (χ3v) is 8.25. The molecule has 3 rings (SSSR count). The summed E-state index contributed by atoms with van der Waals surface area (Å²) < 4.78 is 37.3. The van der Waals surface area contributed by atoms with E-state index < -0.39 is 20.6 Å². The summed E-state index contributed by atoms with van der Waals surface area (Å²) in [7, 11) is -1.08. The molecule has 12 heteroatoms. The molecule has 0 spiro atoms. The van der Waals surface area contributed by atoms with Gasteiger partial charge >= 0.3 is 5.69 Å². The number of hydrogen-bond acceptors (Lipinski definition) is 8. The largest absolute Gasteiger partial charge is 0.497 e. The van der Waals surface area contributed by atoms with E-state index in [1.807, 2.05) is 31.2 Å². The van der Waals surface area contributed by atoms with E-state index in [2.05, 4.69) is 0 Å². The topological polar surface area (TPSA) is 119 Å². The molecular formula is C21H25N3O7S2. The van der Waals surface area contributed by atoms with Crippen LogP contribution in [0.2, 0.25) is 0 Å². The van der Waals surface area contributed by atoms with Gasteiger partial charge in [0.1, 0.15) is 5.75 Å². The molecule has 0 N–H and O–H groups in total. The molecule has 1 saturated heterocycles. The second kappa shape index (κ2) is 10.4. The number of nitro groups is 1. The van der Waals surface area contributed by atoms with Gasteiger partial charge in [0.2, 0.25) is 15.9 Å². The average molecular weight is 496 g/mol. The fourth-order valence-electron chi connectivity index (χ4n) is 3.44. The third-order valence-electron chi connectivity index (χ3n) is 5.26. The summed E-state index contributed by atoms with van der Waals surface area (Å²) in [6.45, 7) is 2.51. The molecule has 1 unspecified atom stereocenters. The minimum absolute atomic E-state index is 0.0160. The number of carbonyl (C=O) groups is 1. The van der Waals surface area contributed by atoms with Crippen molar-refractivity contribution in [2.45, 2.75) is 22.0 Å². The van der Waals surface area contributed by atoms with E-state index in [9.17, 15) is 23.3 Å². The van der Waals surface area contributed by atoms with E-state index in [1.54, 1.807) is 12.0 Å². The Hall–Kier alpha value is -2.83. The van der Waals surface area contributed by atoms with Gasteiger partial charge in [0.25, 0.3) is 0 Å². The van der Waals surface area contributed by atoms with Crippen molar-refractivity contribution in [2.24, 2.45) is 0 Å². The highest BCUT2D eigenvalue weighted by Crippen LogP contribution is 2.31. The summed E-state index contributed by atoms with van der Waals surface area (Å²) in [5.74, 6) is 0.642. The maximum atomic E-state index is 13.0. The Morgan fingerprint density at radius 1 is 1.06 bits per heavy atom. The number of amides is 1. The number of hydrogen-bond donors (Lipinski definition) is 0. The van der Waals surface area contributed by atoms with Crippen LogP contribution in [-0.4, -0.2) is 74.1 Å². The van der Waals surface area contributed by atoms with Crippen LogP contribution in [0.3, 0.4) is 0 Å². The fraction of sp³-hybridized carbons (Fsp3) is 0.381. The Morgan fingerprint density at radius 2 is 1.70 bits per heavy atom. The highest BCUT2D eigenvalue weighted by atomic mass is 32.2. The molecule has 1 amide bonds. The van der Waals surface area contributed by atoms with Crippen LogP contribution in [0.1, 0.15) is 6.92 Å². The van der Waals surface area contributed by atoms with Gasteiger partial charge in [0.05, 0.1) is 29.3 Å². The normalized spacial score (nSPS) is 15.7. The maximum Gasteiger partial charge on any atom is 0.312 e. The second-order valence-electron chi connectivity index (χ2n) is 7.26. The first-order valence-electron chi connectivity index (χ1n) is 10.1. The molecule has 1 fully saturated rings. The van der Waals surface area contributed by atoms with Crippen LogP contribution in [0.15, 0.2) is 52.3 Å². The molecule has 0 saturated carbocycles. The number of sulfonamides is 1. The van der Waals surface area contributed by atoms with Crippen LogP contribution in [0.25, 0.3) is 0 Å². The molecular weight excluding hydrogens is 470 g/mol. The predicted molar refractivity (Wildman–Crippen MR) is 123 cm³/mol. The van der Waals surface area contributed by atoms with E-state index >= 15 is 0 Å². The van der Waals surface area contributed by atoms with Crippen molar-refractivity contribution >= 4 is 33.4 Å². The van der Waals surface area contributed by atoms with Gasteiger partial charge in [-0.15, -0.1) is 11.8 Å². The van der Waals surface area contributed by atoms with Gasteiger partial charge in [-0.25, -0.2) is 8.42 Å². The van der Waals surface area contributed by atoms with Crippen LogP contribution in [0, 0.1) is 10.1 Å². The lowest BCUT2D eigenvalue weighted by molar-refractivity contribution is -0.386. The molecule has 1 heterocycles. The van der Waals surface area contributed by atoms with E-state index in [0.29, 0.717) is 0 Å². The lowest BCUT2D eigenvalue weighted by Crippen LogP contribution is -2.52. The Kier molecular flexibility index (Phi) is 7.82. The first-order valence-corrected chi connectivity index (χ1v) is 12.4. The van der Waals surface area contributed by atoms with Crippen LogP contribution >= 0.6 is 11.8 Å². The van der Waals surface area contributed by atoms with Crippen molar-refractivity contribution in [2.75, 3.05) is 40.4 Å². The van der Waals surface area contributed by atoms with Crippen LogP contribution in [0.4, 0.5) is 5.69 Å². The molecule has 1 aliphatic rings. The molecule has 33 heavy (non-hydrogen) atoms. The zero-order chi connectivity index (χ0) is 24.2. The van der Waals surface area contributed by atoms with Gasteiger partial charge in [-0.05, 0) is 43.3 Å². The average Bonchev–Trinajstić information content (AvgIpc) is 2.83. The molecule has 1 aliphatic heterocycles. The van der Waals surface area contributed by atoms with Gasteiger partial charge in [0, 0.05) is 37.1 Å². The standard InChI is InChI=1S/C21H25N3O7S2/c1-15(32-17-6-4-16(30-2)5-7-17)21(25)22-10-12-23(13-11-22)33(28,29)18-8-9-20(31-3)19(14-18)24(26)27/h4-9,14-15H,10-13H2,1-3H3. The summed E-state index contributed by atoms with van der Waals surface area (Å²) in [5.41, 5.74) is -0.420. The molecule has 10 nitrogen and oxygen atoms in total. The summed E-state index contributed by atoms with van der Waals surface area (Å²) in [6, 6.07) is 11.0. The Labute approximate surface area is 196 Å². The van der Waals surface area contributed by atoms with Crippen LogP contribution < -0.4 is 9.47 Å². The predicted octanol–water partition coefficient (Wildman–Crippen LogP) is 2.63. The first-order chi connectivity index (χ1) is 15.7. The number of piperazine rings is 1. The van der Waals surface area contributed by atoms with Crippen molar-refractivity contribution < 1.29 is 27.6 Å². The summed E-state index contributed by atoms with van der Waals surface area (Å²) in [6.07, 6.45) is 0. The lowest BCUT2D eigenvalue weighted by Gasteiger charge is -2.35. The van der Waals surface area contributed by atoms with Gasteiger partial charge < -0.3 is 14.4 Å². The minimum Gasteiger partial charge on any atom is -0.497 e. The smallest absolute Gasteiger partial charge is 0.312 e. The van der Waals surface area contributed by atoms with Crippen molar-refractivity contribution in [3.05, 3.63) is 52.6 Å². The monoisotopic (exact) mass is 495 g/mol. The quantitative estimate of drug-likeness (QED) is 0.311. The van der Waals surface area contributed by atoms with Crippen molar-refractivity contribution in [3.8, 4) is 11.5 Å². The second-order valence-corrected chi connectivity index (χ2v) is 10.6. The third kappa shape index (κ3) is 5.57. The maximum absolute atomic E-state index is 13.0. The van der Waals surface area contributed by atoms with Crippen molar-refractivity contribution in [3.63, 3.8) is 0 Å². The van der Waals surface area contributed by atoms with Gasteiger partial charge in [-0.1, -0.05) is 0 Å². The number of nitro benzene ring substituents is 1. The lowest BCUT2D eigenvalue weighted by atomic mass is 10.3. The van der Waals surface area contributed by atoms with Crippen LogP contribution in [0.5, 0.6) is 11.5 Å². The number of nitrogens with zero attached hydrogens (tertiary/aromatic N) is 3. The number of methoxy groups -OCH3 is 2. The van der Waals surface area contributed by atoms with Gasteiger partial charge in [-0.3, -0.25) is 14.9 Å². The Morgan fingerprint density at radius 3 is 2.24 bits per heavy atom. The van der Waals surface area contributed by atoms with Crippen molar-refractivity contribution in [1.82, 2.24) is 9.21 Å². The number of ether oxygens (including phenoxy) is 2. The van der Waals surface area contributed by atoms with Gasteiger partial charge in [0.15, 0.2) is 5.75 Å². The highest BCUT2D eigenvalue weighted by Gasteiger charge is 2.33. The minimum atomic E-state index is -3.95. The van der Waals surface area contributed by atoms with E-state index in [4.69, 9.17) is 9.47 Å². The zero-order valence-electron chi connectivity index (χ0n) is 18.5. The van der Waals surface area contributed by atoms with E-state index in [0.717, 1.165) is 16.7 Å². The number of rotatable bonds is 8. The first kappa shape index (κ1) is 24.8. The zero-order valence-corrected chi connectivity index (χ0v) is 20.1. The number of benzene rings is 2. The molecule has 0 aromatic heterocycles. The molecule has 1 atom stereocenters. The number of thioether (sulfide) groups is 1.